The van der Waals surface area contributed by atoms with Gasteiger partial charge < -0.3 is 5.32 Å². The quantitative estimate of drug-likeness (QED) is 0.660. The Labute approximate surface area is 117 Å². The molecule has 8 nitrogen and oxygen atoms in total. The average molecular weight is 327 g/mol. The first-order chi connectivity index (χ1) is 9.06. The number of halogens is 1. The summed E-state index contributed by atoms with van der Waals surface area (Å²) in [5.74, 6) is 0.916. The summed E-state index contributed by atoms with van der Waals surface area (Å²) in [6, 6.07) is 1.41. The van der Waals surface area contributed by atoms with Gasteiger partial charge in [-0.3, -0.25) is 14.8 Å². The lowest BCUT2D eigenvalue weighted by atomic mass is 10.3. The van der Waals surface area contributed by atoms with Crippen LogP contribution in [-0.4, -0.2) is 31.2 Å². The van der Waals surface area contributed by atoms with E-state index in [1.165, 1.54) is 12.3 Å². The summed E-state index contributed by atoms with van der Waals surface area (Å²) in [7, 11) is 1.78. The first-order valence-electron chi connectivity index (χ1n) is 5.44. The van der Waals surface area contributed by atoms with Crippen LogP contribution in [0.2, 0.25) is 0 Å². The summed E-state index contributed by atoms with van der Waals surface area (Å²) in [5, 5.41) is 17.9. The van der Waals surface area contributed by atoms with Crippen LogP contribution in [0.4, 0.5) is 11.5 Å². The molecule has 0 saturated heterocycles. The molecule has 0 atom stereocenters. The highest BCUT2D eigenvalue weighted by Crippen LogP contribution is 2.24. The van der Waals surface area contributed by atoms with Gasteiger partial charge in [-0.15, -0.1) is 0 Å². The van der Waals surface area contributed by atoms with Crippen LogP contribution in [0.5, 0.6) is 0 Å². The van der Waals surface area contributed by atoms with Gasteiger partial charge in [-0.05, 0) is 15.9 Å². The van der Waals surface area contributed by atoms with Gasteiger partial charge in [-0.25, -0.2) is 9.97 Å². The molecular weight excluding hydrogens is 316 g/mol. The van der Waals surface area contributed by atoms with Gasteiger partial charge in [-0.2, -0.15) is 5.10 Å². The Morgan fingerprint density at radius 3 is 2.95 bits per heavy atom. The molecule has 0 bridgehead atoms. The predicted molar refractivity (Wildman–Crippen MR) is 71.8 cm³/mol. The number of hydrogen-bond acceptors (Lipinski definition) is 6. The highest BCUT2D eigenvalue weighted by molar-refractivity contribution is 9.10. The number of hydrogen-bond donors (Lipinski definition) is 1. The number of nitrogens with zero attached hydrogens (tertiary/aromatic N) is 5. The van der Waals surface area contributed by atoms with Crippen molar-refractivity contribution in [1.82, 2.24) is 19.7 Å². The molecule has 2 aromatic heterocycles. The molecule has 2 heterocycles. The Bertz CT molecular complexity index is 599. The number of pyridine rings is 1. The Morgan fingerprint density at radius 2 is 2.32 bits per heavy atom. The zero-order chi connectivity index (χ0) is 13.8. The van der Waals surface area contributed by atoms with Crippen molar-refractivity contribution in [1.29, 1.82) is 0 Å². The molecule has 19 heavy (non-hydrogen) atoms. The number of rotatable bonds is 5. The number of nitrogens with one attached hydrogen (secondary N) is 1. The SMILES string of the molecule is Cn1cnc(CCNc2ncc(Br)cc2[N+](=O)[O-])n1. The van der Waals surface area contributed by atoms with Crippen LogP contribution in [-0.2, 0) is 13.5 Å². The minimum absolute atomic E-state index is 0.0663. The van der Waals surface area contributed by atoms with Crippen molar-refractivity contribution in [2.24, 2.45) is 7.05 Å². The third-order valence-corrected chi connectivity index (χ3v) is 2.75. The van der Waals surface area contributed by atoms with E-state index in [2.05, 4.69) is 36.3 Å². The van der Waals surface area contributed by atoms with E-state index >= 15 is 0 Å². The lowest BCUT2D eigenvalue weighted by molar-refractivity contribution is -0.384. The zero-order valence-electron chi connectivity index (χ0n) is 10.1. The maximum absolute atomic E-state index is 10.9. The maximum atomic E-state index is 10.9. The molecule has 0 fully saturated rings. The summed E-state index contributed by atoms with van der Waals surface area (Å²) in [5.41, 5.74) is -0.0663. The minimum Gasteiger partial charge on any atom is -0.364 e. The first-order valence-corrected chi connectivity index (χ1v) is 6.24. The summed E-state index contributed by atoms with van der Waals surface area (Å²) in [4.78, 5) is 18.5. The monoisotopic (exact) mass is 326 g/mol. The van der Waals surface area contributed by atoms with Crippen molar-refractivity contribution in [3.8, 4) is 0 Å². The second kappa shape index (κ2) is 5.74. The normalized spacial score (nSPS) is 10.4. The Balaban J connectivity index is 2.01. The van der Waals surface area contributed by atoms with Gasteiger partial charge >= 0.3 is 5.69 Å². The van der Waals surface area contributed by atoms with Gasteiger partial charge in [-0.1, -0.05) is 0 Å². The molecule has 0 saturated carbocycles. The van der Waals surface area contributed by atoms with E-state index in [0.717, 1.165) is 0 Å². The number of aryl methyl sites for hydroxylation is 1. The van der Waals surface area contributed by atoms with Gasteiger partial charge in [0.15, 0.2) is 5.82 Å². The van der Waals surface area contributed by atoms with E-state index in [9.17, 15) is 10.1 Å². The van der Waals surface area contributed by atoms with Gasteiger partial charge in [0, 0.05) is 36.7 Å². The summed E-state index contributed by atoms with van der Waals surface area (Å²) in [6.45, 7) is 0.472. The molecule has 2 rings (SSSR count). The summed E-state index contributed by atoms with van der Waals surface area (Å²) >= 11 is 3.15. The molecule has 9 heteroatoms. The van der Waals surface area contributed by atoms with Crippen LogP contribution in [0, 0.1) is 10.1 Å². The van der Waals surface area contributed by atoms with Crippen molar-refractivity contribution >= 4 is 27.4 Å². The standard InChI is InChI=1S/C10H11BrN6O2/c1-16-6-14-9(15-16)2-3-12-10-8(17(18)19)4-7(11)5-13-10/h4-6H,2-3H2,1H3,(H,12,13). The molecule has 0 aromatic carbocycles. The van der Waals surface area contributed by atoms with Crippen molar-refractivity contribution in [3.05, 3.63) is 39.0 Å². The molecule has 100 valence electrons. The highest BCUT2D eigenvalue weighted by atomic mass is 79.9. The third-order valence-electron chi connectivity index (χ3n) is 2.32. The maximum Gasteiger partial charge on any atom is 0.312 e. The smallest absolute Gasteiger partial charge is 0.312 e. The zero-order valence-corrected chi connectivity index (χ0v) is 11.7. The molecule has 0 radical (unpaired) electrons. The van der Waals surface area contributed by atoms with E-state index in [0.29, 0.717) is 23.3 Å². The molecule has 0 aliphatic rings. The van der Waals surface area contributed by atoms with Crippen LogP contribution >= 0.6 is 15.9 Å². The largest absolute Gasteiger partial charge is 0.364 e. The summed E-state index contributed by atoms with van der Waals surface area (Å²) < 4.78 is 2.17. The summed E-state index contributed by atoms with van der Waals surface area (Å²) in [6.07, 6.45) is 3.68. The number of nitro groups is 1. The highest BCUT2D eigenvalue weighted by Gasteiger charge is 2.15. The van der Waals surface area contributed by atoms with E-state index in [4.69, 9.17) is 0 Å². The predicted octanol–water partition coefficient (Wildman–Crippen LogP) is 1.54. The Kier molecular flexibility index (Phi) is 4.05. The molecule has 0 aliphatic heterocycles. The van der Waals surface area contributed by atoms with Crippen LogP contribution in [0.1, 0.15) is 5.82 Å². The fourth-order valence-corrected chi connectivity index (χ4v) is 1.81. The second-order valence-electron chi connectivity index (χ2n) is 3.79. The number of aromatic nitrogens is 4. The fourth-order valence-electron chi connectivity index (χ4n) is 1.50. The minimum atomic E-state index is -0.473. The van der Waals surface area contributed by atoms with Crippen LogP contribution in [0.25, 0.3) is 0 Å². The lowest BCUT2D eigenvalue weighted by Gasteiger charge is -2.04. The molecule has 0 spiro atoms. The van der Waals surface area contributed by atoms with Gasteiger partial charge in [0.25, 0.3) is 0 Å². The Hall–Kier alpha value is -2.03. The molecule has 2 aromatic rings. The van der Waals surface area contributed by atoms with E-state index in [-0.39, 0.29) is 11.5 Å². The average Bonchev–Trinajstić information content (AvgIpc) is 2.77. The third kappa shape index (κ3) is 3.47. The molecule has 0 unspecified atom stereocenters. The van der Waals surface area contributed by atoms with E-state index < -0.39 is 4.92 Å². The molecule has 0 amide bonds. The van der Waals surface area contributed by atoms with Gasteiger partial charge in [0.1, 0.15) is 6.33 Å². The van der Waals surface area contributed by atoms with Gasteiger partial charge in [0.05, 0.1) is 4.92 Å². The number of anilines is 1. The molecular formula is C10H11BrN6O2. The fraction of sp³-hybridized carbons (Fsp3) is 0.300. The van der Waals surface area contributed by atoms with Crippen LogP contribution in [0.3, 0.4) is 0 Å². The first kappa shape index (κ1) is 13.4. The van der Waals surface area contributed by atoms with Crippen LogP contribution < -0.4 is 5.32 Å². The topological polar surface area (TPSA) is 98.8 Å². The van der Waals surface area contributed by atoms with Crippen LogP contribution in [0.15, 0.2) is 23.1 Å². The van der Waals surface area contributed by atoms with Crippen molar-refractivity contribution in [2.45, 2.75) is 6.42 Å². The molecule has 0 aliphatic carbocycles. The van der Waals surface area contributed by atoms with E-state index in [1.807, 2.05) is 0 Å². The van der Waals surface area contributed by atoms with Gasteiger partial charge in [0.2, 0.25) is 5.82 Å². The Morgan fingerprint density at radius 1 is 1.53 bits per heavy atom. The second-order valence-corrected chi connectivity index (χ2v) is 4.71. The lowest BCUT2D eigenvalue weighted by Crippen LogP contribution is -2.09. The van der Waals surface area contributed by atoms with E-state index in [1.54, 1.807) is 18.1 Å². The van der Waals surface area contributed by atoms with Crippen molar-refractivity contribution in [2.75, 3.05) is 11.9 Å². The molecule has 1 N–H and O–H groups in total. The van der Waals surface area contributed by atoms with Crippen molar-refractivity contribution in [3.63, 3.8) is 0 Å². The van der Waals surface area contributed by atoms with Crippen molar-refractivity contribution < 1.29 is 4.92 Å².